The number of aromatic nitrogens is 2. The SMILES string of the molecule is c1ccc(C2=NC(c3ccccc3)NC(c3ccc(-n4c5ccc6c7ccccc7oc6c5c5ccc6c(c7ccccc7n6-c6ccccc6)c54)cc3)N2)cc1. The quantitative estimate of drug-likeness (QED) is 0.185. The van der Waals surface area contributed by atoms with E-state index in [1.54, 1.807) is 0 Å². The van der Waals surface area contributed by atoms with E-state index in [1.807, 2.05) is 18.2 Å². The summed E-state index contributed by atoms with van der Waals surface area (Å²) in [6.45, 7) is 0. The summed E-state index contributed by atoms with van der Waals surface area (Å²) < 4.78 is 11.6. The summed E-state index contributed by atoms with van der Waals surface area (Å²) >= 11 is 0. The van der Waals surface area contributed by atoms with Crippen LogP contribution in [-0.4, -0.2) is 15.0 Å². The lowest BCUT2D eigenvalue weighted by molar-refractivity contribution is 0.409. The molecule has 0 fully saturated rings. The van der Waals surface area contributed by atoms with Gasteiger partial charge < -0.3 is 18.9 Å². The Morgan fingerprint density at radius 3 is 1.88 bits per heavy atom. The van der Waals surface area contributed by atoms with E-state index in [0.717, 1.165) is 83.2 Å². The van der Waals surface area contributed by atoms with Crippen molar-refractivity contribution < 1.29 is 4.42 Å². The standard InChI is InChI=1S/C51H35N5O/c1-4-14-32(15-5-1)49-52-50(33-16-6-2-7-17-33)54-51(53-49)34-24-26-36(27-25-34)56-43-30-28-38-37-20-11-13-23-44(37)57-48(38)46(43)40-29-31-42-45(47(40)56)39-21-10-12-22-41(39)55(42)35-18-8-3-9-19-35/h1-31,49,51,53H,(H,52,54). The normalized spacial score (nSPS) is 15.9. The Morgan fingerprint density at radius 1 is 0.456 bits per heavy atom. The van der Waals surface area contributed by atoms with Crippen molar-refractivity contribution in [3.63, 3.8) is 0 Å². The van der Waals surface area contributed by atoms with Crippen molar-refractivity contribution in [3.05, 3.63) is 205 Å². The van der Waals surface area contributed by atoms with Crippen molar-refractivity contribution in [2.45, 2.75) is 12.3 Å². The molecule has 0 bridgehead atoms. The maximum absolute atomic E-state index is 6.74. The van der Waals surface area contributed by atoms with E-state index in [9.17, 15) is 0 Å². The first-order chi connectivity index (χ1) is 28.3. The minimum atomic E-state index is -0.203. The number of benzene rings is 8. The molecular weight excluding hydrogens is 699 g/mol. The van der Waals surface area contributed by atoms with Crippen LogP contribution in [0.25, 0.3) is 76.9 Å². The first-order valence-corrected chi connectivity index (χ1v) is 19.5. The van der Waals surface area contributed by atoms with Crippen LogP contribution in [0.4, 0.5) is 0 Å². The summed E-state index contributed by atoms with van der Waals surface area (Å²) in [6, 6.07) is 66.6. The van der Waals surface area contributed by atoms with Gasteiger partial charge in [0, 0.05) is 43.9 Å². The van der Waals surface area contributed by atoms with E-state index in [0.29, 0.717) is 0 Å². The van der Waals surface area contributed by atoms with Crippen molar-refractivity contribution in [1.82, 2.24) is 19.8 Å². The summed E-state index contributed by atoms with van der Waals surface area (Å²) in [4.78, 5) is 5.12. The van der Waals surface area contributed by atoms with Gasteiger partial charge in [-0.25, -0.2) is 4.99 Å². The van der Waals surface area contributed by atoms with E-state index < -0.39 is 0 Å². The maximum atomic E-state index is 6.74. The second-order valence-corrected chi connectivity index (χ2v) is 14.8. The molecular formula is C51H35N5O. The molecule has 11 aromatic rings. The molecule has 1 aliphatic heterocycles. The van der Waals surface area contributed by atoms with Gasteiger partial charge in [0.1, 0.15) is 29.3 Å². The lowest BCUT2D eigenvalue weighted by Gasteiger charge is -2.32. The molecule has 0 saturated carbocycles. The maximum Gasteiger partial charge on any atom is 0.145 e. The van der Waals surface area contributed by atoms with Crippen LogP contribution in [0.15, 0.2) is 197 Å². The molecule has 3 aromatic heterocycles. The highest BCUT2D eigenvalue weighted by molar-refractivity contribution is 6.31. The van der Waals surface area contributed by atoms with Crippen LogP contribution < -0.4 is 10.6 Å². The second kappa shape index (κ2) is 12.6. The highest BCUT2D eigenvalue weighted by Crippen LogP contribution is 2.45. The summed E-state index contributed by atoms with van der Waals surface area (Å²) in [5, 5.41) is 14.4. The lowest BCUT2D eigenvalue weighted by atomic mass is 10.1. The van der Waals surface area contributed by atoms with Crippen LogP contribution in [0.5, 0.6) is 0 Å². The number of hydrogen-bond acceptors (Lipinski definition) is 4. The lowest BCUT2D eigenvalue weighted by Crippen LogP contribution is -2.44. The largest absolute Gasteiger partial charge is 0.455 e. The van der Waals surface area contributed by atoms with Crippen LogP contribution in [0.1, 0.15) is 29.0 Å². The van der Waals surface area contributed by atoms with E-state index in [2.05, 4.69) is 190 Å². The Balaban J connectivity index is 1.09. The zero-order valence-corrected chi connectivity index (χ0v) is 30.8. The van der Waals surface area contributed by atoms with Gasteiger partial charge in [-0.15, -0.1) is 0 Å². The summed E-state index contributed by atoms with van der Waals surface area (Å²) in [7, 11) is 0. The molecule has 8 aromatic carbocycles. The highest BCUT2D eigenvalue weighted by atomic mass is 16.3. The van der Waals surface area contributed by atoms with Crippen molar-refractivity contribution in [3.8, 4) is 11.4 Å². The average molecular weight is 734 g/mol. The Bertz CT molecular complexity index is 3340. The van der Waals surface area contributed by atoms with Gasteiger partial charge in [0.05, 0.1) is 27.5 Å². The fourth-order valence-corrected chi connectivity index (χ4v) is 9.04. The van der Waals surface area contributed by atoms with Crippen LogP contribution in [-0.2, 0) is 0 Å². The number of nitrogens with zero attached hydrogens (tertiary/aromatic N) is 3. The number of fused-ring (bicyclic) bond motifs is 11. The summed E-state index contributed by atoms with van der Waals surface area (Å²) in [6.07, 6.45) is -0.369. The Kier molecular flexibility index (Phi) is 7.03. The van der Waals surface area contributed by atoms with Crippen molar-refractivity contribution >= 4 is 71.4 Å². The summed E-state index contributed by atoms with van der Waals surface area (Å²) in [5.74, 6) is 0.867. The number of aliphatic imine (C=N–C) groups is 1. The number of para-hydroxylation sites is 3. The van der Waals surface area contributed by atoms with E-state index >= 15 is 0 Å². The molecule has 2 N–H and O–H groups in total. The third-order valence-corrected chi connectivity index (χ3v) is 11.6. The smallest absolute Gasteiger partial charge is 0.145 e. The topological polar surface area (TPSA) is 59.4 Å². The average Bonchev–Trinajstić information content (AvgIpc) is 3.95. The minimum absolute atomic E-state index is 0.166. The second-order valence-electron chi connectivity index (χ2n) is 14.8. The zero-order chi connectivity index (χ0) is 37.5. The molecule has 2 unspecified atom stereocenters. The molecule has 0 saturated heterocycles. The van der Waals surface area contributed by atoms with Crippen LogP contribution >= 0.6 is 0 Å². The molecule has 57 heavy (non-hydrogen) atoms. The van der Waals surface area contributed by atoms with Crippen molar-refractivity contribution in [2.75, 3.05) is 0 Å². The summed E-state index contributed by atoms with van der Waals surface area (Å²) in [5.41, 5.74) is 11.9. The van der Waals surface area contributed by atoms with Gasteiger partial charge >= 0.3 is 0 Å². The van der Waals surface area contributed by atoms with E-state index in [4.69, 9.17) is 9.41 Å². The molecule has 0 amide bonds. The number of nitrogens with one attached hydrogen (secondary N) is 2. The number of rotatable bonds is 5. The molecule has 0 spiro atoms. The molecule has 0 aliphatic carbocycles. The number of amidine groups is 1. The number of hydrogen-bond donors (Lipinski definition) is 2. The zero-order valence-electron chi connectivity index (χ0n) is 30.8. The third kappa shape index (κ3) is 4.91. The van der Waals surface area contributed by atoms with Gasteiger partial charge in [-0.05, 0) is 71.8 Å². The molecule has 12 rings (SSSR count). The first kappa shape index (κ1) is 31.9. The minimum Gasteiger partial charge on any atom is -0.455 e. The Morgan fingerprint density at radius 2 is 1.09 bits per heavy atom. The van der Waals surface area contributed by atoms with Crippen LogP contribution in [0.3, 0.4) is 0 Å². The Labute approximate surface area is 327 Å². The molecule has 2 atom stereocenters. The van der Waals surface area contributed by atoms with E-state index in [-0.39, 0.29) is 12.3 Å². The molecule has 0 radical (unpaired) electrons. The van der Waals surface area contributed by atoms with Gasteiger partial charge in [0.2, 0.25) is 0 Å². The fourth-order valence-electron chi connectivity index (χ4n) is 9.04. The fraction of sp³-hybridized carbons (Fsp3) is 0.0392. The molecule has 6 heteroatoms. The van der Waals surface area contributed by atoms with Crippen LogP contribution in [0.2, 0.25) is 0 Å². The van der Waals surface area contributed by atoms with Gasteiger partial charge in [0.15, 0.2) is 0 Å². The third-order valence-electron chi connectivity index (χ3n) is 11.6. The van der Waals surface area contributed by atoms with Crippen molar-refractivity contribution in [2.24, 2.45) is 4.99 Å². The Hall–Kier alpha value is -7.41. The van der Waals surface area contributed by atoms with Crippen molar-refractivity contribution in [1.29, 1.82) is 0 Å². The number of furan rings is 1. The first-order valence-electron chi connectivity index (χ1n) is 19.5. The van der Waals surface area contributed by atoms with Gasteiger partial charge in [0.25, 0.3) is 0 Å². The molecule has 4 heterocycles. The highest BCUT2D eigenvalue weighted by Gasteiger charge is 2.27. The monoisotopic (exact) mass is 733 g/mol. The van der Waals surface area contributed by atoms with Gasteiger partial charge in [-0.1, -0.05) is 127 Å². The molecule has 270 valence electrons. The van der Waals surface area contributed by atoms with E-state index in [1.165, 1.54) is 16.3 Å². The predicted octanol–water partition coefficient (Wildman–Crippen LogP) is 12.1. The molecule has 6 nitrogen and oxygen atoms in total. The van der Waals surface area contributed by atoms with Crippen LogP contribution in [0, 0.1) is 0 Å². The molecule has 1 aliphatic rings. The predicted molar refractivity (Wildman–Crippen MR) is 234 cm³/mol. The van der Waals surface area contributed by atoms with Gasteiger partial charge in [-0.2, -0.15) is 0 Å². The van der Waals surface area contributed by atoms with Gasteiger partial charge in [-0.3, -0.25) is 5.32 Å².